The number of rotatable bonds is 8. The first-order valence-corrected chi connectivity index (χ1v) is 25.5. The highest BCUT2D eigenvalue weighted by atomic mass is 32.1. The molecule has 72 heavy (non-hydrogen) atoms. The molecule has 0 unspecified atom stereocenters. The van der Waals surface area contributed by atoms with Crippen LogP contribution in [-0.4, -0.2) is 0 Å². The molecule has 14 aromatic rings. The number of thiophene rings is 1. The van der Waals surface area contributed by atoms with Crippen molar-refractivity contribution < 1.29 is 0 Å². The molecule has 0 bridgehead atoms. The Bertz CT molecular complexity index is 4360. The molecule has 13 aromatic carbocycles. The highest BCUT2D eigenvalue weighted by Crippen LogP contribution is 2.47. The van der Waals surface area contributed by atoms with Crippen LogP contribution in [-0.2, 0) is 0 Å². The van der Waals surface area contributed by atoms with E-state index in [-0.39, 0.29) is 0 Å². The summed E-state index contributed by atoms with van der Waals surface area (Å²) in [4.78, 5) is 2.41. The summed E-state index contributed by atoms with van der Waals surface area (Å²) in [6.07, 6.45) is 0. The van der Waals surface area contributed by atoms with Gasteiger partial charge in [0.25, 0.3) is 0 Å². The van der Waals surface area contributed by atoms with Gasteiger partial charge >= 0.3 is 0 Å². The number of nitrogens with zero attached hydrogens (tertiary/aromatic N) is 1. The van der Waals surface area contributed by atoms with Crippen LogP contribution in [0.15, 0.2) is 273 Å². The summed E-state index contributed by atoms with van der Waals surface area (Å²) in [6, 6.07) is 101. The van der Waals surface area contributed by atoms with Crippen LogP contribution in [0.4, 0.5) is 17.1 Å². The maximum atomic E-state index is 2.42. The number of benzene rings is 13. The molecular weight excluding hydrogens is 887 g/mol. The molecule has 0 N–H and O–H groups in total. The molecule has 0 aliphatic rings. The Labute approximate surface area is 422 Å². The van der Waals surface area contributed by atoms with Crippen molar-refractivity contribution in [2.75, 3.05) is 4.90 Å². The van der Waals surface area contributed by atoms with Crippen LogP contribution in [0.2, 0.25) is 0 Å². The topological polar surface area (TPSA) is 3.24 Å². The summed E-state index contributed by atoms with van der Waals surface area (Å²) in [5.74, 6) is 0. The lowest BCUT2D eigenvalue weighted by Crippen LogP contribution is -2.10. The molecule has 2 heteroatoms. The first-order valence-electron chi connectivity index (χ1n) is 24.7. The second kappa shape index (κ2) is 17.4. The first kappa shape index (κ1) is 41.9. The summed E-state index contributed by atoms with van der Waals surface area (Å²) < 4.78 is 2.64. The van der Waals surface area contributed by atoms with E-state index >= 15 is 0 Å². The minimum atomic E-state index is 1.09. The number of hydrogen-bond donors (Lipinski definition) is 0. The van der Waals surface area contributed by atoms with Gasteiger partial charge in [0.15, 0.2) is 0 Å². The Hall–Kier alpha value is -9.08. The van der Waals surface area contributed by atoms with E-state index in [2.05, 4.69) is 278 Å². The molecule has 0 atom stereocenters. The van der Waals surface area contributed by atoms with E-state index in [9.17, 15) is 0 Å². The lowest BCUT2D eigenvalue weighted by molar-refractivity contribution is 1.28. The molecule has 0 saturated heterocycles. The molecular formula is C70H45NS. The van der Waals surface area contributed by atoms with Crippen LogP contribution < -0.4 is 4.90 Å². The number of hydrogen-bond acceptors (Lipinski definition) is 2. The van der Waals surface area contributed by atoms with Gasteiger partial charge in [-0.3, -0.25) is 0 Å². The fourth-order valence-electron chi connectivity index (χ4n) is 11.3. The quantitative estimate of drug-likeness (QED) is 0.137. The lowest BCUT2D eigenvalue weighted by atomic mass is 9.84. The summed E-state index contributed by atoms with van der Waals surface area (Å²) in [7, 11) is 0. The fraction of sp³-hybridized carbons (Fsp3) is 0. The van der Waals surface area contributed by atoms with Crippen molar-refractivity contribution in [3.8, 4) is 55.6 Å². The lowest BCUT2D eigenvalue weighted by Gasteiger charge is -2.26. The molecule has 0 aliphatic heterocycles. The van der Waals surface area contributed by atoms with Crippen LogP contribution in [0, 0.1) is 0 Å². The Kier molecular flexibility index (Phi) is 10.1. The monoisotopic (exact) mass is 931 g/mol. The largest absolute Gasteiger partial charge is 0.310 e. The van der Waals surface area contributed by atoms with Gasteiger partial charge in [-0.05, 0) is 147 Å². The molecule has 14 rings (SSSR count). The van der Waals surface area contributed by atoms with Gasteiger partial charge in [0.1, 0.15) is 0 Å². The zero-order chi connectivity index (χ0) is 47.5. The van der Waals surface area contributed by atoms with Gasteiger partial charge in [0, 0.05) is 37.2 Å². The van der Waals surface area contributed by atoms with E-state index in [0.29, 0.717) is 0 Å². The van der Waals surface area contributed by atoms with Crippen molar-refractivity contribution in [1.82, 2.24) is 0 Å². The first-order chi connectivity index (χ1) is 35.7. The van der Waals surface area contributed by atoms with Crippen LogP contribution in [0.1, 0.15) is 0 Å². The second-order valence-electron chi connectivity index (χ2n) is 18.7. The van der Waals surface area contributed by atoms with Crippen molar-refractivity contribution in [1.29, 1.82) is 0 Å². The van der Waals surface area contributed by atoms with E-state index in [0.717, 1.165) is 22.6 Å². The standard InChI is InChI=1S/C70H45NS/c1-3-17-49(18-4-1)68-64-26-10-9-24-60(64)62-43-37-52(45-66(62)69(68)50-19-5-2-6-20-50)51-21-13-22-55(44-51)71(54-40-34-48(35-41-54)58-28-15-30-65-63-25-11-12-31-67(63)72-70(58)65)53-38-32-47(33-39-53)57-27-14-29-59-56-23-8-7-16-46(56)36-42-61(57)59/h1-45H. The highest BCUT2D eigenvalue weighted by molar-refractivity contribution is 7.26. The third-order valence-corrected chi connectivity index (χ3v) is 15.9. The van der Waals surface area contributed by atoms with Crippen LogP contribution in [0.5, 0.6) is 0 Å². The van der Waals surface area contributed by atoms with E-state index in [1.54, 1.807) is 0 Å². The second-order valence-corrected chi connectivity index (χ2v) is 19.8. The predicted molar refractivity (Wildman–Crippen MR) is 311 cm³/mol. The van der Waals surface area contributed by atoms with Gasteiger partial charge in [-0.15, -0.1) is 11.3 Å². The third kappa shape index (κ3) is 7.07. The third-order valence-electron chi connectivity index (χ3n) is 14.7. The number of fused-ring (bicyclic) bond motifs is 9. The van der Waals surface area contributed by atoms with Gasteiger partial charge in [0.05, 0.1) is 0 Å². The van der Waals surface area contributed by atoms with Crippen molar-refractivity contribution in [3.63, 3.8) is 0 Å². The Morgan fingerprint density at radius 1 is 0.236 bits per heavy atom. The van der Waals surface area contributed by atoms with E-state index in [4.69, 9.17) is 0 Å². The summed E-state index contributed by atoms with van der Waals surface area (Å²) in [5.41, 5.74) is 15.4. The average Bonchev–Trinajstić information content (AvgIpc) is 3.85. The Morgan fingerprint density at radius 2 is 0.722 bits per heavy atom. The molecule has 0 fully saturated rings. The van der Waals surface area contributed by atoms with Gasteiger partial charge in [-0.1, -0.05) is 224 Å². The fourth-order valence-corrected chi connectivity index (χ4v) is 12.5. The molecule has 0 radical (unpaired) electrons. The maximum absolute atomic E-state index is 2.42. The minimum absolute atomic E-state index is 1.09. The minimum Gasteiger partial charge on any atom is -0.310 e. The summed E-state index contributed by atoms with van der Waals surface area (Å²) in [5, 5.41) is 12.7. The highest BCUT2D eigenvalue weighted by Gasteiger charge is 2.20. The SMILES string of the molecule is c1ccc(-c2c(-c3ccccc3)c3cc(-c4cccc(N(c5ccc(-c6cccc7c6ccc6ccccc67)cc5)c5ccc(-c6cccc7c6sc6ccccc67)cc5)c4)ccc3c3ccccc23)cc1. The van der Waals surface area contributed by atoms with E-state index < -0.39 is 0 Å². The van der Waals surface area contributed by atoms with Crippen LogP contribution in [0.3, 0.4) is 0 Å². The zero-order valence-corrected chi connectivity index (χ0v) is 40.2. The molecule has 1 aromatic heterocycles. The summed E-state index contributed by atoms with van der Waals surface area (Å²) >= 11 is 1.88. The van der Waals surface area contributed by atoms with Gasteiger partial charge in [-0.2, -0.15) is 0 Å². The van der Waals surface area contributed by atoms with Crippen LogP contribution in [0.25, 0.3) is 119 Å². The molecule has 0 saturated carbocycles. The molecule has 0 spiro atoms. The predicted octanol–water partition coefficient (Wildman–Crippen LogP) is 20.5. The summed E-state index contributed by atoms with van der Waals surface area (Å²) in [6.45, 7) is 0. The molecule has 1 nitrogen and oxygen atoms in total. The smallest absolute Gasteiger partial charge is 0.0467 e. The zero-order valence-electron chi connectivity index (χ0n) is 39.3. The van der Waals surface area contributed by atoms with Crippen LogP contribution >= 0.6 is 11.3 Å². The molecule has 1 heterocycles. The van der Waals surface area contributed by atoms with Crippen molar-refractivity contribution in [2.24, 2.45) is 0 Å². The normalized spacial score (nSPS) is 11.6. The molecule has 0 aliphatic carbocycles. The average molecular weight is 932 g/mol. The van der Waals surface area contributed by atoms with Gasteiger partial charge in [-0.25, -0.2) is 0 Å². The maximum Gasteiger partial charge on any atom is 0.0467 e. The Balaban J connectivity index is 0.919. The van der Waals surface area contributed by atoms with E-state index in [1.165, 1.54) is 113 Å². The van der Waals surface area contributed by atoms with Crippen molar-refractivity contribution in [2.45, 2.75) is 0 Å². The molecule has 336 valence electrons. The van der Waals surface area contributed by atoms with E-state index in [1.807, 2.05) is 11.3 Å². The van der Waals surface area contributed by atoms with Crippen molar-refractivity contribution >= 4 is 91.7 Å². The van der Waals surface area contributed by atoms with Crippen molar-refractivity contribution in [3.05, 3.63) is 273 Å². The van der Waals surface area contributed by atoms with Gasteiger partial charge in [0.2, 0.25) is 0 Å². The molecule has 0 amide bonds. The van der Waals surface area contributed by atoms with Gasteiger partial charge < -0.3 is 4.90 Å². The Morgan fingerprint density at radius 3 is 1.46 bits per heavy atom. The number of anilines is 3.